The van der Waals surface area contributed by atoms with E-state index in [0.29, 0.717) is 12.1 Å². The van der Waals surface area contributed by atoms with Crippen molar-refractivity contribution in [3.05, 3.63) is 102 Å². The highest BCUT2D eigenvalue weighted by atomic mass is 19.2. The van der Waals surface area contributed by atoms with E-state index in [0.717, 1.165) is 34.2 Å². The van der Waals surface area contributed by atoms with Gasteiger partial charge < -0.3 is 20.1 Å². The Morgan fingerprint density at radius 1 is 1.10 bits per heavy atom. The maximum atomic E-state index is 14.0. The minimum Gasteiger partial charge on any atom is -0.508 e. The predicted octanol–water partition coefficient (Wildman–Crippen LogP) is 5.18. The fourth-order valence-corrected chi connectivity index (χ4v) is 5.20. The number of nitrogens with one attached hydrogen (secondary N) is 2. The molecule has 1 aliphatic rings. The van der Waals surface area contributed by atoms with Gasteiger partial charge in [-0.15, -0.1) is 5.10 Å². The SMILES string of the molecule is COC(=O)C[C@@H](Cc1c[nH]c2ccccc12)n1cc(C(Cc2ccc(O)cc2)NC(=O)C2C=C(F)C(F)=CC2C)nn1. The first kappa shape index (κ1) is 28.7. The number of ether oxygens (including phenoxy) is 1. The third kappa shape index (κ3) is 6.40. The second-order valence-electron chi connectivity index (χ2n) is 10.5. The van der Waals surface area contributed by atoms with Crippen LogP contribution in [0.5, 0.6) is 5.75 Å². The number of allylic oxidation sites excluding steroid dienone is 3. The molecule has 2 heterocycles. The van der Waals surface area contributed by atoms with Gasteiger partial charge in [0.05, 0.1) is 37.7 Å². The second-order valence-corrected chi connectivity index (χ2v) is 10.5. The zero-order valence-electron chi connectivity index (χ0n) is 23.1. The number of hydrogen-bond acceptors (Lipinski definition) is 6. The fraction of sp³-hybridized carbons (Fsp3) is 0.290. The van der Waals surface area contributed by atoms with Gasteiger partial charge in [-0.05, 0) is 60.2 Å². The van der Waals surface area contributed by atoms with Crippen molar-refractivity contribution in [3.8, 4) is 5.75 Å². The molecule has 0 saturated carbocycles. The monoisotopic (exact) mass is 575 g/mol. The lowest BCUT2D eigenvalue weighted by Gasteiger charge is -2.24. The van der Waals surface area contributed by atoms with Gasteiger partial charge in [-0.1, -0.05) is 42.5 Å². The van der Waals surface area contributed by atoms with E-state index < -0.39 is 47.4 Å². The number of phenols is 1. The van der Waals surface area contributed by atoms with Gasteiger partial charge in [0.15, 0.2) is 11.7 Å². The fourth-order valence-electron chi connectivity index (χ4n) is 5.20. The molecule has 0 spiro atoms. The first-order valence-electron chi connectivity index (χ1n) is 13.6. The van der Waals surface area contributed by atoms with Crippen molar-refractivity contribution in [2.45, 2.75) is 38.3 Å². The standard InChI is InChI=1S/C31H31F2N5O4/c1-18-11-25(32)26(33)15-24(18)31(41)35-28(12-19-7-9-22(39)10-8-19)29-17-38(37-36-29)21(14-30(40)42-2)13-20-16-34-27-6-4-3-5-23(20)27/h3-11,15-18,21,24,28,34,39H,12-14H2,1-2H3,(H,35,41)/t18?,21-,24?,28?/m1/s1. The minimum atomic E-state index is -1.07. The van der Waals surface area contributed by atoms with Crippen molar-refractivity contribution in [2.75, 3.05) is 7.11 Å². The largest absolute Gasteiger partial charge is 0.508 e. The van der Waals surface area contributed by atoms with Crippen molar-refractivity contribution in [2.24, 2.45) is 11.8 Å². The van der Waals surface area contributed by atoms with Gasteiger partial charge in [-0.2, -0.15) is 0 Å². The summed E-state index contributed by atoms with van der Waals surface area (Å²) in [6.45, 7) is 1.64. The van der Waals surface area contributed by atoms with Crippen molar-refractivity contribution >= 4 is 22.8 Å². The number of fused-ring (bicyclic) bond motifs is 1. The Morgan fingerprint density at radius 3 is 2.60 bits per heavy atom. The van der Waals surface area contributed by atoms with Gasteiger partial charge in [0, 0.05) is 17.1 Å². The number of carbonyl (C=O) groups excluding carboxylic acids is 2. The quantitative estimate of drug-likeness (QED) is 0.224. The lowest BCUT2D eigenvalue weighted by molar-refractivity contribution is -0.141. The van der Waals surface area contributed by atoms with E-state index in [1.165, 1.54) is 19.2 Å². The molecule has 3 N–H and O–H groups in total. The summed E-state index contributed by atoms with van der Waals surface area (Å²) >= 11 is 0. The average Bonchev–Trinajstić information content (AvgIpc) is 3.63. The first-order valence-corrected chi connectivity index (χ1v) is 13.6. The normalized spacial score (nSPS) is 18.2. The number of aromatic nitrogens is 4. The number of para-hydroxylation sites is 1. The molecule has 0 bridgehead atoms. The van der Waals surface area contributed by atoms with Crippen LogP contribution in [0.3, 0.4) is 0 Å². The summed E-state index contributed by atoms with van der Waals surface area (Å²) in [6.07, 6.45) is 6.43. The van der Waals surface area contributed by atoms with E-state index >= 15 is 0 Å². The lowest BCUT2D eigenvalue weighted by atomic mass is 9.88. The molecule has 0 fully saturated rings. The molecule has 4 atom stereocenters. The third-order valence-corrected chi connectivity index (χ3v) is 7.54. The van der Waals surface area contributed by atoms with Crippen LogP contribution in [0.4, 0.5) is 8.78 Å². The summed E-state index contributed by atoms with van der Waals surface area (Å²) in [5.74, 6) is -4.35. The van der Waals surface area contributed by atoms with Crippen LogP contribution in [0.2, 0.25) is 0 Å². The van der Waals surface area contributed by atoms with Gasteiger partial charge in [0.1, 0.15) is 11.4 Å². The van der Waals surface area contributed by atoms with E-state index in [1.54, 1.807) is 29.9 Å². The van der Waals surface area contributed by atoms with E-state index in [1.807, 2.05) is 30.5 Å². The molecule has 4 aromatic rings. The van der Waals surface area contributed by atoms with Crippen LogP contribution in [0.1, 0.15) is 42.2 Å². The van der Waals surface area contributed by atoms with Gasteiger partial charge in [0.2, 0.25) is 5.91 Å². The van der Waals surface area contributed by atoms with Gasteiger partial charge >= 0.3 is 5.97 Å². The molecule has 1 aliphatic carbocycles. The van der Waals surface area contributed by atoms with Gasteiger partial charge in [0.25, 0.3) is 0 Å². The molecule has 9 nitrogen and oxygen atoms in total. The van der Waals surface area contributed by atoms with Crippen LogP contribution in [0.25, 0.3) is 10.9 Å². The van der Waals surface area contributed by atoms with Crippen LogP contribution >= 0.6 is 0 Å². The topological polar surface area (TPSA) is 122 Å². The highest BCUT2D eigenvalue weighted by molar-refractivity contribution is 5.83. The number of benzene rings is 2. The predicted molar refractivity (Wildman–Crippen MR) is 151 cm³/mol. The molecule has 5 rings (SSSR count). The van der Waals surface area contributed by atoms with Crippen molar-refractivity contribution < 1.29 is 28.2 Å². The summed E-state index contributed by atoms with van der Waals surface area (Å²) < 4.78 is 34.3. The molecule has 2 aromatic heterocycles. The van der Waals surface area contributed by atoms with E-state index in [9.17, 15) is 23.5 Å². The van der Waals surface area contributed by atoms with Crippen LogP contribution in [0.15, 0.2) is 84.7 Å². The minimum absolute atomic E-state index is 0.0371. The molecule has 0 radical (unpaired) electrons. The lowest BCUT2D eigenvalue weighted by Crippen LogP contribution is -2.37. The molecule has 1 amide bonds. The van der Waals surface area contributed by atoms with Crippen LogP contribution < -0.4 is 5.32 Å². The Bertz CT molecular complexity index is 1640. The maximum Gasteiger partial charge on any atom is 0.307 e. The number of rotatable bonds is 10. The molecular formula is C31H31F2N5O4. The molecule has 3 unspecified atom stereocenters. The highest BCUT2D eigenvalue weighted by Crippen LogP contribution is 2.31. The molecule has 42 heavy (non-hydrogen) atoms. The molecule has 218 valence electrons. The number of nitrogens with zero attached hydrogens (tertiary/aromatic N) is 3. The number of methoxy groups -OCH3 is 1. The summed E-state index contributed by atoms with van der Waals surface area (Å²) in [7, 11) is 1.33. The van der Waals surface area contributed by atoms with E-state index in [2.05, 4.69) is 20.6 Å². The number of hydrogen-bond donors (Lipinski definition) is 3. The van der Waals surface area contributed by atoms with Crippen molar-refractivity contribution in [1.82, 2.24) is 25.3 Å². The second kappa shape index (κ2) is 12.4. The van der Waals surface area contributed by atoms with Gasteiger partial charge in [-0.3, -0.25) is 9.59 Å². The van der Waals surface area contributed by atoms with Crippen LogP contribution in [0, 0.1) is 11.8 Å². The summed E-state index contributed by atoms with van der Waals surface area (Å²) in [4.78, 5) is 28.9. The highest BCUT2D eigenvalue weighted by Gasteiger charge is 2.31. The number of aromatic hydroxyl groups is 1. The number of carbonyl (C=O) groups is 2. The van der Waals surface area contributed by atoms with E-state index in [-0.39, 0.29) is 18.6 Å². The number of phenolic OH excluding ortho intramolecular Hbond substituents is 1. The third-order valence-electron chi connectivity index (χ3n) is 7.54. The smallest absolute Gasteiger partial charge is 0.307 e. The summed E-state index contributed by atoms with van der Waals surface area (Å²) in [5.41, 5.74) is 3.17. The Kier molecular flexibility index (Phi) is 8.46. The Morgan fingerprint density at radius 2 is 1.83 bits per heavy atom. The first-order chi connectivity index (χ1) is 20.2. The molecule has 11 heteroatoms. The number of aromatic amines is 1. The number of esters is 1. The Hall–Kier alpha value is -4.80. The van der Waals surface area contributed by atoms with Crippen molar-refractivity contribution in [3.63, 3.8) is 0 Å². The number of amides is 1. The summed E-state index contributed by atoms with van der Waals surface area (Å²) in [5, 5.41) is 22.3. The molecular weight excluding hydrogens is 544 g/mol. The Labute approximate surface area is 240 Å². The maximum absolute atomic E-state index is 14.0. The summed E-state index contributed by atoms with van der Waals surface area (Å²) in [6, 6.07) is 13.2. The van der Waals surface area contributed by atoms with Crippen LogP contribution in [-0.2, 0) is 27.2 Å². The zero-order chi connectivity index (χ0) is 29.8. The van der Waals surface area contributed by atoms with Crippen LogP contribution in [-0.4, -0.2) is 44.1 Å². The number of halogens is 2. The molecule has 2 aromatic carbocycles. The van der Waals surface area contributed by atoms with Gasteiger partial charge in [-0.25, -0.2) is 13.5 Å². The van der Waals surface area contributed by atoms with Crippen molar-refractivity contribution in [1.29, 1.82) is 0 Å². The molecule has 0 aliphatic heterocycles. The number of H-pyrrole nitrogens is 1. The van der Waals surface area contributed by atoms with E-state index in [4.69, 9.17) is 4.74 Å². The molecule has 0 saturated heterocycles. The Balaban J connectivity index is 1.44. The average molecular weight is 576 g/mol. The zero-order valence-corrected chi connectivity index (χ0v) is 23.1.